The van der Waals surface area contributed by atoms with Crippen molar-refractivity contribution >= 4 is 32.5 Å². The lowest BCUT2D eigenvalue weighted by molar-refractivity contribution is 0.103. The van der Waals surface area contributed by atoms with Gasteiger partial charge < -0.3 is 14.1 Å². The van der Waals surface area contributed by atoms with Gasteiger partial charge in [0.25, 0.3) is 0 Å². The highest BCUT2D eigenvalue weighted by atomic mass is 32.2. The van der Waals surface area contributed by atoms with Gasteiger partial charge in [0.2, 0.25) is 10.0 Å². The zero-order valence-corrected chi connectivity index (χ0v) is 28.8. The zero-order chi connectivity index (χ0) is 32.9. The molecule has 0 bridgehead atoms. The summed E-state index contributed by atoms with van der Waals surface area (Å²) >= 11 is 0. The minimum Gasteiger partial charge on any atom is -0.494 e. The van der Waals surface area contributed by atoms with Crippen molar-refractivity contribution in [2.75, 3.05) is 36.8 Å². The van der Waals surface area contributed by atoms with Crippen LogP contribution in [0.4, 0.5) is 5.69 Å². The van der Waals surface area contributed by atoms with E-state index in [0.717, 1.165) is 50.2 Å². The number of aryl methyl sites for hydroxylation is 1. The summed E-state index contributed by atoms with van der Waals surface area (Å²) in [7, 11) is -3.60. The minimum atomic E-state index is -3.60. The fourth-order valence-electron chi connectivity index (χ4n) is 5.63. The topological polar surface area (TPSA) is 80.1 Å². The van der Waals surface area contributed by atoms with Gasteiger partial charge in [0.05, 0.1) is 30.7 Å². The maximum atomic E-state index is 14.1. The molecule has 0 atom stereocenters. The molecule has 0 N–H and O–H groups in total. The van der Waals surface area contributed by atoms with Gasteiger partial charge in [-0.25, -0.2) is 8.42 Å². The van der Waals surface area contributed by atoms with E-state index < -0.39 is 10.0 Å². The number of anilines is 1. The largest absolute Gasteiger partial charge is 0.494 e. The number of carbonyl (C=O) groups excluding carboxylic acids is 1. The molecule has 0 aliphatic heterocycles. The van der Waals surface area contributed by atoms with Crippen molar-refractivity contribution in [1.82, 2.24) is 4.90 Å². The number of hydrogen-bond acceptors (Lipinski definition) is 6. The Kier molecular flexibility index (Phi) is 13.3. The van der Waals surface area contributed by atoms with E-state index in [1.165, 1.54) is 36.2 Å². The van der Waals surface area contributed by atoms with Gasteiger partial charge in [-0.15, -0.1) is 0 Å². The Hall–Kier alpha value is -3.62. The predicted molar refractivity (Wildman–Crippen MR) is 189 cm³/mol. The van der Waals surface area contributed by atoms with Gasteiger partial charge in [0.15, 0.2) is 5.78 Å². The molecule has 0 unspecified atom stereocenters. The summed E-state index contributed by atoms with van der Waals surface area (Å²) in [6.07, 6.45) is 9.44. The SMILES string of the molecule is CCCCc1oc2ccc(N(Cc3ccccc3)S(C)(=O)=O)cc2c1C(=O)c1ccc(OCCCN(CCCC)CCCC)cc1. The summed E-state index contributed by atoms with van der Waals surface area (Å²) in [4.78, 5) is 16.6. The van der Waals surface area contributed by atoms with Crippen molar-refractivity contribution in [2.24, 2.45) is 0 Å². The number of benzene rings is 3. The number of sulfonamides is 1. The number of furan rings is 1. The smallest absolute Gasteiger partial charge is 0.232 e. The zero-order valence-electron chi connectivity index (χ0n) is 28.0. The van der Waals surface area contributed by atoms with Crippen molar-refractivity contribution in [2.45, 2.75) is 78.7 Å². The van der Waals surface area contributed by atoms with Crippen molar-refractivity contribution in [1.29, 1.82) is 0 Å². The molecular weight excluding hydrogens is 596 g/mol. The van der Waals surface area contributed by atoms with Crippen LogP contribution in [0.2, 0.25) is 0 Å². The second kappa shape index (κ2) is 17.3. The van der Waals surface area contributed by atoms with Gasteiger partial charge in [-0.2, -0.15) is 0 Å². The first-order chi connectivity index (χ1) is 22.2. The van der Waals surface area contributed by atoms with E-state index in [1.54, 1.807) is 30.3 Å². The molecule has 0 fully saturated rings. The summed E-state index contributed by atoms with van der Waals surface area (Å²) in [5, 5.41) is 0.617. The Morgan fingerprint density at radius 2 is 1.46 bits per heavy atom. The van der Waals surface area contributed by atoms with Crippen LogP contribution >= 0.6 is 0 Å². The lowest BCUT2D eigenvalue weighted by Crippen LogP contribution is -2.29. The highest BCUT2D eigenvalue weighted by molar-refractivity contribution is 7.92. The number of hydrogen-bond donors (Lipinski definition) is 0. The minimum absolute atomic E-state index is 0.148. The van der Waals surface area contributed by atoms with Crippen molar-refractivity contribution in [3.05, 3.63) is 95.2 Å². The first-order valence-corrected chi connectivity index (χ1v) is 18.7. The van der Waals surface area contributed by atoms with E-state index in [2.05, 4.69) is 25.7 Å². The third-order valence-electron chi connectivity index (χ3n) is 8.25. The van der Waals surface area contributed by atoms with E-state index in [4.69, 9.17) is 9.15 Å². The molecule has 248 valence electrons. The maximum Gasteiger partial charge on any atom is 0.232 e. The summed E-state index contributed by atoms with van der Waals surface area (Å²) in [5.41, 5.74) is 2.95. The Bertz CT molecular complexity index is 1620. The van der Waals surface area contributed by atoms with Gasteiger partial charge >= 0.3 is 0 Å². The Balaban J connectivity index is 1.54. The van der Waals surface area contributed by atoms with Crippen LogP contribution in [0.1, 0.15) is 93.0 Å². The van der Waals surface area contributed by atoms with Crippen molar-refractivity contribution in [3.63, 3.8) is 0 Å². The van der Waals surface area contributed by atoms with Crippen LogP contribution in [0.25, 0.3) is 11.0 Å². The molecule has 0 saturated heterocycles. The number of rotatable bonds is 20. The number of ketones is 1. The molecule has 8 heteroatoms. The van der Waals surface area contributed by atoms with Crippen LogP contribution < -0.4 is 9.04 Å². The normalized spacial score (nSPS) is 11.8. The van der Waals surface area contributed by atoms with Crippen molar-refractivity contribution in [3.8, 4) is 5.75 Å². The van der Waals surface area contributed by atoms with Gasteiger partial charge in [0.1, 0.15) is 17.1 Å². The monoisotopic (exact) mass is 646 g/mol. The average molecular weight is 647 g/mol. The average Bonchev–Trinajstić information content (AvgIpc) is 3.42. The molecule has 0 aliphatic carbocycles. The molecule has 1 aromatic heterocycles. The summed E-state index contributed by atoms with van der Waals surface area (Å²) < 4.78 is 39.5. The van der Waals surface area contributed by atoms with Crippen LogP contribution in [0, 0.1) is 0 Å². The molecule has 1 heterocycles. The van der Waals surface area contributed by atoms with E-state index in [0.29, 0.717) is 46.6 Å². The van der Waals surface area contributed by atoms with E-state index >= 15 is 0 Å². The van der Waals surface area contributed by atoms with Crippen LogP contribution in [-0.2, 0) is 23.0 Å². The van der Waals surface area contributed by atoms with Crippen LogP contribution in [0.3, 0.4) is 0 Å². The third-order valence-corrected chi connectivity index (χ3v) is 9.39. The molecule has 0 spiro atoms. The Morgan fingerprint density at radius 3 is 2.09 bits per heavy atom. The Labute approximate surface area is 275 Å². The quantitative estimate of drug-likeness (QED) is 0.0706. The highest BCUT2D eigenvalue weighted by Crippen LogP contribution is 2.34. The lowest BCUT2D eigenvalue weighted by Gasteiger charge is -2.22. The molecule has 4 aromatic rings. The summed E-state index contributed by atoms with van der Waals surface area (Å²) in [6, 6.07) is 22.1. The van der Waals surface area contributed by atoms with Crippen molar-refractivity contribution < 1.29 is 22.4 Å². The van der Waals surface area contributed by atoms with E-state index in [-0.39, 0.29) is 12.3 Å². The summed E-state index contributed by atoms with van der Waals surface area (Å²) in [6.45, 7) is 10.7. The van der Waals surface area contributed by atoms with Gasteiger partial charge in [0, 0.05) is 23.9 Å². The fourth-order valence-corrected chi connectivity index (χ4v) is 6.51. The van der Waals surface area contributed by atoms with Gasteiger partial charge in [-0.05, 0) is 86.8 Å². The van der Waals surface area contributed by atoms with Gasteiger partial charge in [-0.1, -0.05) is 70.4 Å². The number of carbonyl (C=O) groups is 1. The lowest BCUT2D eigenvalue weighted by atomic mass is 9.98. The fraction of sp³-hybridized carbons (Fsp3) is 0.447. The number of unbranched alkanes of at least 4 members (excludes halogenated alkanes) is 3. The van der Waals surface area contributed by atoms with Crippen LogP contribution in [0.15, 0.2) is 77.2 Å². The second-order valence-corrected chi connectivity index (χ2v) is 14.0. The van der Waals surface area contributed by atoms with E-state index in [9.17, 15) is 13.2 Å². The van der Waals surface area contributed by atoms with E-state index in [1.807, 2.05) is 42.5 Å². The second-order valence-electron chi connectivity index (χ2n) is 12.0. The molecule has 7 nitrogen and oxygen atoms in total. The maximum absolute atomic E-state index is 14.1. The molecule has 0 saturated carbocycles. The third kappa shape index (κ3) is 9.69. The highest BCUT2D eigenvalue weighted by Gasteiger charge is 2.25. The molecule has 3 aromatic carbocycles. The summed E-state index contributed by atoms with van der Waals surface area (Å²) in [5.74, 6) is 1.22. The molecule has 46 heavy (non-hydrogen) atoms. The number of ether oxygens (including phenoxy) is 1. The molecule has 0 radical (unpaired) electrons. The molecule has 4 rings (SSSR count). The molecule has 0 aliphatic rings. The van der Waals surface area contributed by atoms with Crippen LogP contribution in [-0.4, -0.2) is 51.6 Å². The standard InChI is InChI=1S/C38H50N2O5S/c1-5-8-17-36-37(34-28-32(20-23-35(34)45-36)40(46(4,42)43)29-30-15-12-11-13-16-30)38(41)31-18-21-33(22-19-31)44-27-14-26-39(24-9-6-2)25-10-7-3/h11-13,15-16,18-23,28H,5-10,14,17,24-27,29H2,1-4H3. The number of fused-ring (bicyclic) bond motifs is 1. The van der Waals surface area contributed by atoms with Gasteiger partial charge in [-0.3, -0.25) is 9.10 Å². The molecular formula is C38H50N2O5S. The van der Waals surface area contributed by atoms with Crippen LogP contribution in [0.5, 0.6) is 5.75 Å². The number of nitrogens with zero attached hydrogens (tertiary/aromatic N) is 2. The predicted octanol–water partition coefficient (Wildman–Crippen LogP) is 8.64. The first-order valence-electron chi connectivity index (χ1n) is 16.8. The Morgan fingerprint density at radius 1 is 0.804 bits per heavy atom. The first kappa shape index (κ1) is 35.2. The molecule has 0 amide bonds.